The lowest BCUT2D eigenvalue weighted by molar-refractivity contribution is -0.143. The third kappa shape index (κ3) is 5.11. The maximum atomic E-state index is 12.6. The van der Waals surface area contributed by atoms with E-state index in [0.29, 0.717) is 16.8 Å². The highest BCUT2D eigenvalue weighted by atomic mass is 19.4. The molecule has 0 saturated heterocycles. The van der Waals surface area contributed by atoms with Crippen molar-refractivity contribution in [3.05, 3.63) is 51.8 Å². The fourth-order valence-electron chi connectivity index (χ4n) is 2.92. The standard InChI is InChI=1S/C19H22F3N3O3/c1-10-5-6-14(7-11(10)2)17(18(27)28)23-16(26)8-15-12(3)24-25(13(15)4)9-19(20,21)22/h5-7,17H,8-9H2,1-4H3,(H,23,26)(H,27,28). The Morgan fingerprint density at radius 2 is 1.82 bits per heavy atom. The zero-order valence-electron chi connectivity index (χ0n) is 16.0. The number of carboxylic acids is 1. The molecule has 2 rings (SSSR count). The second kappa shape index (κ2) is 8.04. The summed E-state index contributed by atoms with van der Waals surface area (Å²) in [5.41, 5.74) is 3.18. The smallest absolute Gasteiger partial charge is 0.408 e. The SMILES string of the molecule is Cc1ccc(C(NC(=O)Cc2c(C)nn(CC(F)(F)F)c2C)C(=O)O)cc1C. The van der Waals surface area contributed by atoms with E-state index < -0.39 is 30.6 Å². The van der Waals surface area contributed by atoms with Crippen molar-refractivity contribution in [1.82, 2.24) is 15.1 Å². The van der Waals surface area contributed by atoms with Crippen molar-refractivity contribution >= 4 is 11.9 Å². The average Bonchev–Trinajstić information content (AvgIpc) is 2.81. The molecule has 2 N–H and O–H groups in total. The highest BCUT2D eigenvalue weighted by molar-refractivity contribution is 5.86. The lowest BCUT2D eigenvalue weighted by Crippen LogP contribution is -2.35. The minimum Gasteiger partial charge on any atom is -0.479 e. The third-order valence-electron chi connectivity index (χ3n) is 4.61. The fraction of sp³-hybridized carbons (Fsp3) is 0.421. The maximum Gasteiger partial charge on any atom is 0.408 e. The van der Waals surface area contributed by atoms with Gasteiger partial charge in [0.15, 0.2) is 6.04 Å². The number of benzene rings is 1. The van der Waals surface area contributed by atoms with Gasteiger partial charge in [0.05, 0.1) is 12.1 Å². The normalized spacial score (nSPS) is 12.7. The number of hydrogen-bond donors (Lipinski definition) is 2. The van der Waals surface area contributed by atoms with Gasteiger partial charge in [-0.25, -0.2) is 4.79 Å². The molecule has 0 radical (unpaired) electrons. The second-order valence-corrected chi connectivity index (χ2v) is 6.78. The van der Waals surface area contributed by atoms with Gasteiger partial charge in [0.2, 0.25) is 5.91 Å². The van der Waals surface area contributed by atoms with Crippen LogP contribution in [-0.2, 0) is 22.6 Å². The van der Waals surface area contributed by atoms with Crippen LogP contribution in [0, 0.1) is 27.7 Å². The van der Waals surface area contributed by atoms with E-state index >= 15 is 0 Å². The number of alkyl halides is 3. The number of aromatic nitrogens is 2. The number of nitrogens with zero attached hydrogens (tertiary/aromatic N) is 2. The van der Waals surface area contributed by atoms with Crippen molar-refractivity contribution in [2.75, 3.05) is 0 Å². The molecule has 1 atom stereocenters. The van der Waals surface area contributed by atoms with Gasteiger partial charge in [0, 0.05) is 11.3 Å². The molecule has 1 amide bonds. The molecule has 0 spiro atoms. The third-order valence-corrected chi connectivity index (χ3v) is 4.61. The van der Waals surface area contributed by atoms with Gasteiger partial charge in [-0.15, -0.1) is 0 Å². The Kier molecular flexibility index (Phi) is 6.16. The number of carbonyl (C=O) groups excluding carboxylic acids is 1. The van der Waals surface area contributed by atoms with Gasteiger partial charge in [-0.05, 0) is 44.4 Å². The van der Waals surface area contributed by atoms with Gasteiger partial charge in [-0.2, -0.15) is 18.3 Å². The summed E-state index contributed by atoms with van der Waals surface area (Å²) in [4.78, 5) is 24.0. The van der Waals surface area contributed by atoms with Crippen LogP contribution in [0.25, 0.3) is 0 Å². The quantitative estimate of drug-likeness (QED) is 0.784. The minimum atomic E-state index is -4.43. The van der Waals surface area contributed by atoms with Crippen molar-refractivity contribution in [2.45, 2.75) is 52.9 Å². The number of aliphatic carboxylic acids is 1. The summed E-state index contributed by atoms with van der Waals surface area (Å²) in [5.74, 6) is -1.83. The van der Waals surface area contributed by atoms with E-state index in [1.54, 1.807) is 18.2 Å². The molecular weight excluding hydrogens is 375 g/mol. The summed E-state index contributed by atoms with van der Waals surface area (Å²) in [6.45, 7) is 5.44. The minimum absolute atomic E-state index is 0.225. The van der Waals surface area contributed by atoms with Gasteiger partial charge in [0.1, 0.15) is 6.54 Å². The van der Waals surface area contributed by atoms with Crippen LogP contribution in [0.3, 0.4) is 0 Å². The largest absolute Gasteiger partial charge is 0.479 e. The van der Waals surface area contributed by atoms with E-state index in [0.717, 1.165) is 15.8 Å². The first-order valence-corrected chi connectivity index (χ1v) is 8.58. The van der Waals surface area contributed by atoms with E-state index in [4.69, 9.17) is 0 Å². The van der Waals surface area contributed by atoms with E-state index in [2.05, 4.69) is 10.4 Å². The number of aryl methyl sites for hydroxylation is 3. The zero-order valence-corrected chi connectivity index (χ0v) is 16.0. The fourth-order valence-corrected chi connectivity index (χ4v) is 2.92. The van der Waals surface area contributed by atoms with Crippen LogP contribution in [0.5, 0.6) is 0 Å². The molecule has 152 valence electrons. The molecule has 0 aliphatic carbocycles. The molecule has 0 saturated carbocycles. The molecule has 1 aromatic heterocycles. The molecular formula is C19H22F3N3O3. The number of hydrogen-bond acceptors (Lipinski definition) is 3. The molecule has 0 bridgehead atoms. The van der Waals surface area contributed by atoms with Crippen LogP contribution in [0.15, 0.2) is 18.2 Å². The number of rotatable bonds is 6. The van der Waals surface area contributed by atoms with Crippen molar-refractivity contribution < 1.29 is 27.9 Å². The number of carbonyl (C=O) groups is 2. The first-order valence-electron chi connectivity index (χ1n) is 8.58. The molecule has 1 unspecified atom stereocenters. The molecule has 1 heterocycles. The first kappa shape index (κ1) is 21.5. The number of carboxylic acid groups (broad SMARTS) is 1. The van der Waals surface area contributed by atoms with Crippen LogP contribution < -0.4 is 5.32 Å². The van der Waals surface area contributed by atoms with Gasteiger partial charge in [-0.1, -0.05) is 18.2 Å². The van der Waals surface area contributed by atoms with Crippen molar-refractivity contribution in [3.8, 4) is 0 Å². The Balaban J connectivity index is 2.20. The summed E-state index contributed by atoms with van der Waals surface area (Å²) < 4.78 is 38.7. The van der Waals surface area contributed by atoms with E-state index in [1.165, 1.54) is 13.8 Å². The topological polar surface area (TPSA) is 84.2 Å². The predicted molar refractivity (Wildman–Crippen MR) is 95.9 cm³/mol. The molecule has 0 fully saturated rings. The molecule has 0 aliphatic heterocycles. The molecule has 6 nitrogen and oxygen atoms in total. The highest BCUT2D eigenvalue weighted by Crippen LogP contribution is 2.22. The van der Waals surface area contributed by atoms with Crippen LogP contribution in [-0.4, -0.2) is 32.9 Å². The molecule has 28 heavy (non-hydrogen) atoms. The van der Waals surface area contributed by atoms with Crippen LogP contribution in [0.1, 0.15) is 39.7 Å². The Morgan fingerprint density at radius 1 is 1.18 bits per heavy atom. The summed E-state index contributed by atoms with van der Waals surface area (Å²) in [7, 11) is 0. The lowest BCUT2D eigenvalue weighted by Gasteiger charge is -2.16. The summed E-state index contributed by atoms with van der Waals surface area (Å²) in [5, 5.41) is 15.8. The van der Waals surface area contributed by atoms with Gasteiger partial charge < -0.3 is 10.4 Å². The van der Waals surface area contributed by atoms with Crippen LogP contribution in [0.2, 0.25) is 0 Å². The number of nitrogens with one attached hydrogen (secondary N) is 1. The summed E-state index contributed by atoms with van der Waals surface area (Å²) >= 11 is 0. The highest BCUT2D eigenvalue weighted by Gasteiger charge is 2.30. The predicted octanol–water partition coefficient (Wildman–Crippen LogP) is 3.16. The van der Waals surface area contributed by atoms with Gasteiger partial charge in [0.25, 0.3) is 0 Å². The second-order valence-electron chi connectivity index (χ2n) is 6.78. The van der Waals surface area contributed by atoms with Gasteiger partial charge >= 0.3 is 12.1 Å². The zero-order chi connectivity index (χ0) is 21.2. The van der Waals surface area contributed by atoms with E-state index in [1.807, 2.05) is 13.8 Å². The van der Waals surface area contributed by atoms with Crippen molar-refractivity contribution in [1.29, 1.82) is 0 Å². The van der Waals surface area contributed by atoms with Crippen molar-refractivity contribution in [3.63, 3.8) is 0 Å². The van der Waals surface area contributed by atoms with E-state index in [-0.39, 0.29) is 12.1 Å². The van der Waals surface area contributed by atoms with E-state index in [9.17, 15) is 27.9 Å². The Labute approximate surface area is 160 Å². The molecule has 2 aromatic rings. The Morgan fingerprint density at radius 3 is 2.36 bits per heavy atom. The number of halogens is 3. The summed E-state index contributed by atoms with van der Waals surface area (Å²) in [6, 6.07) is 3.82. The molecule has 0 aliphatic rings. The van der Waals surface area contributed by atoms with Crippen LogP contribution in [0.4, 0.5) is 13.2 Å². The molecule has 9 heteroatoms. The number of amides is 1. The van der Waals surface area contributed by atoms with Gasteiger partial charge in [-0.3, -0.25) is 9.48 Å². The monoisotopic (exact) mass is 397 g/mol. The maximum absolute atomic E-state index is 12.6. The first-order chi connectivity index (χ1) is 12.9. The Hall–Kier alpha value is -2.84. The lowest BCUT2D eigenvalue weighted by atomic mass is 10.0. The van der Waals surface area contributed by atoms with Crippen LogP contribution >= 0.6 is 0 Å². The Bertz CT molecular complexity index is 904. The average molecular weight is 397 g/mol. The molecule has 1 aromatic carbocycles. The summed E-state index contributed by atoms with van der Waals surface area (Å²) in [6.07, 6.45) is -4.69. The van der Waals surface area contributed by atoms with Crippen molar-refractivity contribution in [2.24, 2.45) is 0 Å².